The van der Waals surface area contributed by atoms with Crippen LogP contribution in [-0.2, 0) is 6.42 Å². The minimum Gasteiger partial charge on any atom is -0.480 e. The highest BCUT2D eigenvalue weighted by atomic mass is 16.5. The number of hydrogen-bond donors (Lipinski definition) is 1. The molecule has 2 aromatic heterocycles. The predicted octanol–water partition coefficient (Wildman–Crippen LogP) is 1.72. The van der Waals surface area contributed by atoms with Gasteiger partial charge in [-0.2, -0.15) is 5.10 Å². The van der Waals surface area contributed by atoms with Gasteiger partial charge in [-0.05, 0) is 30.4 Å². The normalized spacial score (nSPS) is 11.1. The fourth-order valence-corrected chi connectivity index (χ4v) is 2.03. The van der Waals surface area contributed by atoms with E-state index in [1.807, 2.05) is 12.3 Å². The Balaban J connectivity index is 2.31. The first-order valence-electron chi connectivity index (χ1n) is 6.73. The summed E-state index contributed by atoms with van der Waals surface area (Å²) in [5, 5.41) is 21.6. The van der Waals surface area contributed by atoms with Gasteiger partial charge < -0.3 is 9.84 Å². The van der Waals surface area contributed by atoms with Gasteiger partial charge in [-0.25, -0.2) is 4.68 Å². The zero-order valence-corrected chi connectivity index (χ0v) is 12.1. The van der Waals surface area contributed by atoms with Crippen LogP contribution in [0.4, 0.5) is 0 Å². The van der Waals surface area contributed by atoms with E-state index in [9.17, 15) is 0 Å². The Labute approximate surface area is 118 Å². The Bertz CT molecular complexity index is 549. The van der Waals surface area contributed by atoms with Crippen molar-refractivity contribution in [2.24, 2.45) is 0 Å². The molecule has 1 N–H and O–H groups in total. The number of ether oxygens (including phenoxy) is 1. The molecule has 0 radical (unpaired) electrons. The molecule has 0 aliphatic heterocycles. The summed E-state index contributed by atoms with van der Waals surface area (Å²) in [5.41, 5.74) is 2.18. The fourth-order valence-electron chi connectivity index (χ4n) is 2.03. The van der Waals surface area contributed by atoms with Gasteiger partial charge in [-0.15, -0.1) is 10.2 Å². The quantitative estimate of drug-likeness (QED) is 0.869. The van der Waals surface area contributed by atoms with Crippen molar-refractivity contribution in [3.8, 4) is 11.7 Å². The molecule has 0 unspecified atom stereocenters. The van der Waals surface area contributed by atoms with Gasteiger partial charge in [0.15, 0.2) is 5.82 Å². The topological polar surface area (TPSA) is 73.1 Å². The van der Waals surface area contributed by atoms with E-state index >= 15 is 0 Å². The van der Waals surface area contributed by atoms with E-state index in [1.165, 1.54) is 0 Å². The van der Waals surface area contributed by atoms with Crippen LogP contribution in [0, 0.1) is 0 Å². The van der Waals surface area contributed by atoms with Gasteiger partial charge in [0.1, 0.15) is 0 Å². The number of aliphatic hydroxyl groups excluding tert-OH is 1. The van der Waals surface area contributed by atoms with Crippen molar-refractivity contribution in [3.05, 3.63) is 29.6 Å². The molecule has 0 saturated carbocycles. The number of rotatable bonds is 6. The number of aromatic nitrogens is 4. The molecule has 0 atom stereocenters. The van der Waals surface area contributed by atoms with Crippen molar-refractivity contribution < 1.29 is 9.84 Å². The van der Waals surface area contributed by atoms with Crippen LogP contribution in [-0.4, -0.2) is 38.8 Å². The standard InChI is InChI=1S/C14H20N4O2/c1-10(2)14-11(5-4-8-19)9-18(17-14)12-6-7-13(20-3)16-15-12/h6-7,9-10,19H,4-5,8H2,1-3H3. The molecule has 0 aliphatic rings. The Kier molecular flexibility index (Phi) is 4.68. The van der Waals surface area contributed by atoms with Crippen molar-refractivity contribution in [2.75, 3.05) is 13.7 Å². The second-order valence-electron chi connectivity index (χ2n) is 4.90. The lowest BCUT2D eigenvalue weighted by atomic mass is 10.0. The third-order valence-electron chi connectivity index (χ3n) is 3.04. The molecule has 6 nitrogen and oxygen atoms in total. The zero-order valence-electron chi connectivity index (χ0n) is 12.1. The highest BCUT2D eigenvalue weighted by Crippen LogP contribution is 2.20. The Hall–Kier alpha value is -1.95. The third-order valence-corrected chi connectivity index (χ3v) is 3.04. The van der Waals surface area contributed by atoms with Crippen molar-refractivity contribution in [1.29, 1.82) is 0 Å². The Morgan fingerprint density at radius 1 is 1.30 bits per heavy atom. The van der Waals surface area contributed by atoms with Gasteiger partial charge >= 0.3 is 0 Å². The first-order chi connectivity index (χ1) is 9.65. The second-order valence-corrected chi connectivity index (χ2v) is 4.90. The average molecular weight is 276 g/mol. The van der Waals surface area contributed by atoms with Gasteiger partial charge in [0.05, 0.1) is 12.8 Å². The van der Waals surface area contributed by atoms with E-state index in [-0.39, 0.29) is 6.61 Å². The predicted molar refractivity (Wildman–Crippen MR) is 75.2 cm³/mol. The molecular weight excluding hydrogens is 256 g/mol. The molecule has 0 spiro atoms. The van der Waals surface area contributed by atoms with E-state index < -0.39 is 0 Å². The van der Waals surface area contributed by atoms with Gasteiger partial charge in [-0.3, -0.25) is 0 Å². The molecule has 2 rings (SSSR count). The number of nitrogens with zero attached hydrogens (tertiary/aromatic N) is 4. The molecule has 6 heteroatoms. The van der Waals surface area contributed by atoms with E-state index in [2.05, 4.69) is 29.1 Å². The lowest BCUT2D eigenvalue weighted by Crippen LogP contribution is -2.02. The monoisotopic (exact) mass is 276 g/mol. The third kappa shape index (κ3) is 3.14. The molecule has 0 saturated heterocycles. The maximum absolute atomic E-state index is 8.98. The minimum absolute atomic E-state index is 0.186. The van der Waals surface area contributed by atoms with E-state index in [0.717, 1.165) is 24.1 Å². The average Bonchev–Trinajstić information content (AvgIpc) is 2.89. The molecule has 108 valence electrons. The molecule has 2 aromatic rings. The van der Waals surface area contributed by atoms with Gasteiger partial charge in [0.2, 0.25) is 5.88 Å². The van der Waals surface area contributed by atoms with Gasteiger partial charge in [0.25, 0.3) is 0 Å². The van der Waals surface area contributed by atoms with Crippen LogP contribution in [0.3, 0.4) is 0 Å². The maximum atomic E-state index is 8.98. The Morgan fingerprint density at radius 3 is 2.65 bits per heavy atom. The summed E-state index contributed by atoms with van der Waals surface area (Å²) in [6.07, 6.45) is 3.51. The molecule has 0 aromatic carbocycles. The first-order valence-corrected chi connectivity index (χ1v) is 6.73. The lowest BCUT2D eigenvalue weighted by molar-refractivity contribution is 0.288. The summed E-state index contributed by atoms with van der Waals surface area (Å²) in [4.78, 5) is 0. The minimum atomic E-state index is 0.186. The first kappa shape index (κ1) is 14.5. The van der Waals surface area contributed by atoms with E-state index in [1.54, 1.807) is 17.9 Å². The molecular formula is C14H20N4O2. The highest BCUT2D eigenvalue weighted by molar-refractivity contribution is 5.28. The van der Waals surface area contributed by atoms with Gasteiger partial charge in [0, 0.05) is 18.9 Å². The van der Waals surface area contributed by atoms with Crippen LogP contribution in [0.1, 0.15) is 37.4 Å². The van der Waals surface area contributed by atoms with Crippen LogP contribution in [0.25, 0.3) is 5.82 Å². The lowest BCUT2D eigenvalue weighted by Gasteiger charge is -2.03. The van der Waals surface area contributed by atoms with Gasteiger partial charge in [-0.1, -0.05) is 13.8 Å². The van der Waals surface area contributed by atoms with Crippen molar-refractivity contribution in [2.45, 2.75) is 32.6 Å². The van der Waals surface area contributed by atoms with Crippen LogP contribution >= 0.6 is 0 Å². The summed E-state index contributed by atoms with van der Waals surface area (Å²) < 4.78 is 6.72. The van der Waals surface area contributed by atoms with Crippen molar-refractivity contribution in [3.63, 3.8) is 0 Å². The Morgan fingerprint density at radius 2 is 2.10 bits per heavy atom. The fraction of sp³-hybridized carbons (Fsp3) is 0.500. The summed E-state index contributed by atoms with van der Waals surface area (Å²) in [5.74, 6) is 1.46. The molecule has 0 bridgehead atoms. The number of hydrogen-bond acceptors (Lipinski definition) is 5. The molecule has 2 heterocycles. The number of methoxy groups -OCH3 is 1. The molecule has 0 amide bonds. The van der Waals surface area contributed by atoms with Crippen LogP contribution in [0.15, 0.2) is 18.3 Å². The second kappa shape index (κ2) is 6.47. The molecule has 0 fully saturated rings. The zero-order chi connectivity index (χ0) is 14.5. The smallest absolute Gasteiger partial charge is 0.233 e. The van der Waals surface area contributed by atoms with E-state index in [0.29, 0.717) is 17.6 Å². The van der Waals surface area contributed by atoms with Crippen LogP contribution < -0.4 is 4.74 Å². The van der Waals surface area contributed by atoms with Crippen molar-refractivity contribution >= 4 is 0 Å². The van der Waals surface area contributed by atoms with Crippen LogP contribution in [0.2, 0.25) is 0 Å². The largest absolute Gasteiger partial charge is 0.480 e. The summed E-state index contributed by atoms with van der Waals surface area (Å²) >= 11 is 0. The summed E-state index contributed by atoms with van der Waals surface area (Å²) in [6.45, 7) is 4.40. The highest BCUT2D eigenvalue weighted by Gasteiger charge is 2.13. The molecule has 20 heavy (non-hydrogen) atoms. The SMILES string of the molecule is COc1ccc(-n2cc(CCCO)c(C(C)C)n2)nn1. The van der Waals surface area contributed by atoms with Crippen LogP contribution in [0.5, 0.6) is 5.88 Å². The maximum Gasteiger partial charge on any atom is 0.233 e. The summed E-state index contributed by atoms with van der Waals surface area (Å²) in [7, 11) is 1.56. The number of aliphatic hydroxyl groups is 1. The summed E-state index contributed by atoms with van der Waals surface area (Å²) in [6, 6.07) is 3.57. The van der Waals surface area contributed by atoms with Crippen molar-refractivity contribution in [1.82, 2.24) is 20.0 Å². The van der Waals surface area contributed by atoms with E-state index in [4.69, 9.17) is 9.84 Å². The molecule has 0 aliphatic carbocycles. The number of aryl methyl sites for hydroxylation is 1.